The lowest BCUT2D eigenvalue weighted by Crippen LogP contribution is -2.11. The number of aryl methyl sites for hydroxylation is 1. The van der Waals surface area contributed by atoms with E-state index in [1.54, 1.807) is 28.8 Å². The third kappa shape index (κ3) is 3.88. The standard InChI is InChI=1S/C19H21FN4OS/c1-13(2)11-24-18(14-7-4-5-8-15(14)20)21-22-19(24)26-12-17(25)16-9-6-10-23(16)3/h4-10,13H,11-12H2,1-3H3. The number of rotatable bonds is 7. The number of nitrogens with zero attached hydrogens (tertiary/aromatic N) is 4. The summed E-state index contributed by atoms with van der Waals surface area (Å²) in [6, 6.07) is 10.2. The lowest BCUT2D eigenvalue weighted by Gasteiger charge is -2.12. The topological polar surface area (TPSA) is 52.7 Å². The van der Waals surface area contributed by atoms with Crippen molar-refractivity contribution in [1.29, 1.82) is 0 Å². The molecule has 2 aromatic heterocycles. The number of hydrogen-bond acceptors (Lipinski definition) is 4. The fraction of sp³-hybridized carbons (Fsp3) is 0.316. The Morgan fingerprint density at radius 2 is 1.96 bits per heavy atom. The van der Waals surface area contributed by atoms with Gasteiger partial charge in [-0.1, -0.05) is 37.7 Å². The highest BCUT2D eigenvalue weighted by Gasteiger charge is 2.19. The van der Waals surface area contributed by atoms with Gasteiger partial charge in [-0.2, -0.15) is 0 Å². The molecule has 0 amide bonds. The predicted molar refractivity (Wildman–Crippen MR) is 101 cm³/mol. The van der Waals surface area contributed by atoms with Gasteiger partial charge in [0.2, 0.25) is 0 Å². The summed E-state index contributed by atoms with van der Waals surface area (Å²) in [6.07, 6.45) is 1.84. The van der Waals surface area contributed by atoms with Crippen molar-refractivity contribution >= 4 is 17.5 Å². The average Bonchev–Trinajstić information content (AvgIpc) is 3.19. The molecule has 3 aromatic rings. The summed E-state index contributed by atoms with van der Waals surface area (Å²) in [5.74, 6) is 0.770. The minimum atomic E-state index is -0.332. The third-order valence-corrected chi connectivity index (χ3v) is 4.91. The van der Waals surface area contributed by atoms with Crippen LogP contribution in [0.2, 0.25) is 0 Å². The maximum absolute atomic E-state index is 14.2. The molecule has 0 saturated heterocycles. The maximum Gasteiger partial charge on any atom is 0.191 e. The van der Waals surface area contributed by atoms with Crippen molar-refractivity contribution in [2.45, 2.75) is 25.5 Å². The van der Waals surface area contributed by atoms with Crippen LogP contribution in [0, 0.1) is 11.7 Å². The van der Waals surface area contributed by atoms with E-state index in [1.165, 1.54) is 17.8 Å². The van der Waals surface area contributed by atoms with Gasteiger partial charge in [-0.15, -0.1) is 10.2 Å². The monoisotopic (exact) mass is 372 g/mol. The van der Waals surface area contributed by atoms with E-state index in [0.717, 1.165) is 0 Å². The minimum Gasteiger partial charge on any atom is -0.348 e. The second-order valence-electron chi connectivity index (χ2n) is 6.51. The second kappa shape index (κ2) is 7.86. The molecule has 0 radical (unpaired) electrons. The van der Waals surface area contributed by atoms with E-state index >= 15 is 0 Å². The van der Waals surface area contributed by atoms with Gasteiger partial charge in [0.15, 0.2) is 16.8 Å². The number of benzene rings is 1. The van der Waals surface area contributed by atoms with Crippen LogP contribution < -0.4 is 0 Å². The van der Waals surface area contributed by atoms with Crippen LogP contribution in [-0.4, -0.2) is 30.9 Å². The molecule has 3 rings (SSSR count). The zero-order valence-corrected chi connectivity index (χ0v) is 15.8. The molecule has 0 spiro atoms. The molecule has 0 unspecified atom stereocenters. The van der Waals surface area contributed by atoms with E-state index in [9.17, 15) is 9.18 Å². The van der Waals surface area contributed by atoms with Crippen LogP contribution in [0.1, 0.15) is 24.3 Å². The lowest BCUT2D eigenvalue weighted by molar-refractivity contribution is 0.101. The van der Waals surface area contributed by atoms with Crippen LogP contribution in [0.3, 0.4) is 0 Å². The van der Waals surface area contributed by atoms with Crippen molar-refractivity contribution in [3.05, 3.63) is 54.1 Å². The van der Waals surface area contributed by atoms with Crippen molar-refractivity contribution in [2.24, 2.45) is 13.0 Å². The molecule has 0 aliphatic carbocycles. The highest BCUT2D eigenvalue weighted by atomic mass is 32.2. The first-order chi connectivity index (χ1) is 12.5. The number of carbonyl (C=O) groups excluding carboxylic acids is 1. The van der Waals surface area contributed by atoms with Crippen molar-refractivity contribution in [3.8, 4) is 11.4 Å². The van der Waals surface area contributed by atoms with E-state index in [1.807, 2.05) is 23.9 Å². The predicted octanol–water partition coefficient (Wildman–Crippen LogP) is 4.05. The molecule has 0 saturated carbocycles. The van der Waals surface area contributed by atoms with Gasteiger partial charge >= 0.3 is 0 Å². The summed E-state index contributed by atoms with van der Waals surface area (Å²) in [5.41, 5.74) is 1.07. The number of Topliss-reactive ketones (excluding diaryl/α,β-unsaturated/α-hetero) is 1. The van der Waals surface area contributed by atoms with Crippen molar-refractivity contribution in [3.63, 3.8) is 0 Å². The Morgan fingerprint density at radius 3 is 2.62 bits per heavy atom. The summed E-state index contributed by atoms with van der Waals surface area (Å²) in [5, 5.41) is 9.03. The summed E-state index contributed by atoms with van der Waals surface area (Å²) in [6.45, 7) is 4.81. The number of thioether (sulfide) groups is 1. The zero-order chi connectivity index (χ0) is 18.7. The van der Waals surface area contributed by atoms with E-state index in [-0.39, 0.29) is 17.4 Å². The van der Waals surface area contributed by atoms with E-state index in [4.69, 9.17) is 0 Å². The highest BCUT2D eigenvalue weighted by molar-refractivity contribution is 7.99. The Bertz CT molecular complexity index is 916. The number of aromatic nitrogens is 4. The molecule has 2 heterocycles. The van der Waals surface area contributed by atoms with E-state index in [0.29, 0.717) is 34.7 Å². The fourth-order valence-corrected chi connectivity index (χ4v) is 3.55. The SMILES string of the molecule is CC(C)Cn1c(SCC(=O)c2cccn2C)nnc1-c1ccccc1F. The Labute approximate surface area is 156 Å². The van der Waals surface area contributed by atoms with Crippen LogP contribution in [-0.2, 0) is 13.6 Å². The Morgan fingerprint density at radius 1 is 1.19 bits per heavy atom. The normalized spacial score (nSPS) is 11.3. The summed E-state index contributed by atoms with van der Waals surface area (Å²) in [7, 11) is 1.84. The molecule has 0 N–H and O–H groups in total. The molecule has 0 aliphatic rings. The van der Waals surface area contributed by atoms with Gasteiger partial charge in [-0.25, -0.2) is 4.39 Å². The lowest BCUT2D eigenvalue weighted by atomic mass is 10.2. The van der Waals surface area contributed by atoms with Crippen molar-refractivity contribution < 1.29 is 9.18 Å². The first-order valence-corrected chi connectivity index (χ1v) is 9.41. The van der Waals surface area contributed by atoms with Crippen molar-refractivity contribution in [2.75, 3.05) is 5.75 Å². The van der Waals surface area contributed by atoms with Crippen LogP contribution >= 0.6 is 11.8 Å². The average molecular weight is 372 g/mol. The zero-order valence-electron chi connectivity index (χ0n) is 15.0. The first kappa shape index (κ1) is 18.4. The summed E-state index contributed by atoms with van der Waals surface area (Å²) in [4.78, 5) is 12.4. The summed E-state index contributed by atoms with van der Waals surface area (Å²) < 4.78 is 17.9. The van der Waals surface area contributed by atoms with Gasteiger partial charge in [0.25, 0.3) is 0 Å². The van der Waals surface area contributed by atoms with Gasteiger partial charge in [-0.05, 0) is 30.2 Å². The molecule has 26 heavy (non-hydrogen) atoms. The van der Waals surface area contributed by atoms with Crippen LogP contribution in [0.15, 0.2) is 47.8 Å². The summed E-state index contributed by atoms with van der Waals surface area (Å²) >= 11 is 1.33. The third-order valence-electron chi connectivity index (χ3n) is 3.94. The highest BCUT2D eigenvalue weighted by Crippen LogP contribution is 2.27. The van der Waals surface area contributed by atoms with E-state index < -0.39 is 0 Å². The quantitative estimate of drug-likeness (QED) is 0.464. The number of hydrogen-bond donors (Lipinski definition) is 0. The molecule has 0 atom stereocenters. The van der Waals surface area contributed by atoms with Gasteiger partial charge in [0, 0.05) is 19.8 Å². The van der Waals surface area contributed by atoms with Crippen LogP contribution in [0.25, 0.3) is 11.4 Å². The fourth-order valence-electron chi connectivity index (χ4n) is 2.72. The second-order valence-corrected chi connectivity index (χ2v) is 7.45. The molecule has 0 aliphatic heterocycles. The van der Waals surface area contributed by atoms with Gasteiger partial charge in [0.1, 0.15) is 5.82 Å². The molecule has 1 aromatic carbocycles. The molecule has 5 nitrogen and oxygen atoms in total. The molecule has 7 heteroatoms. The minimum absolute atomic E-state index is 0.0223. The Hall–Kier alpha value is -2.41. The van der Waals surface area contributed by atoms with E-state index in [2.05, 4.69) is 24.0 Å². The van der Waals surface area contributed by atoms with Gasteiger partial charge in [0.05, 0.1) is 17.0 Å². The molecule has 136 valence electrons. The molecular formula is C19H21FN4OS. The van der Waals surface area contributed by atoms with Crippen LogP contribution in [0.5, 0.6) is 0 Å². The largest absolute Gasteiger partial charge is 0.348 e. The Balaban J connectivity index is 1.86. The Kier molecular flexibility index (Phi) is 5.56. The van der Waals surface area contributed by atoms with Gasteiger partial charge < -0.3 is 9.13 Å². The number of halogens is 1. The smallest absolute Gasteiger partial charge is 0.191 e. The van der Waals surface area contributed by atoms with Crippen molar-refractivity contribution in [1.82, 2.24) is 19.3 Å². The molecule has 0 bridgehead atoms. The first-order valence-electron chi connectivity index (χ1n) is 8.42. The molecule has 0 fully saturated rings. The van der Waals surface area contributed by atoms with Gasteiger partial charge in [-0.3, -0.25) is 4.79 Å². The maximum atomic E-state index is 14.2. The number of ketones is 1. The van der Waals surface area contributed by atoms with Crippen LogP contribution in [0.4, 0.5) is 4.39 Å². The number of carbonyl (C=O) groups is 1. The molecular weight excluding hydrogens is 351 g/mol.